The summed E-state index contributed by atoms with van der Waals surface area (Å²) in [6.45, 7) is 22.6. The summed E-state index contributed by atoms with van der Waals surface area (Å²) in [5.74, 6) is 8.59. The molecule has 0 saturated heterocycles. The minimum absolute atomic E-state index is 0.109. The topological polar surface area (TPSA) is 71.1 Å². The SMILES string of the molecule is CCC#C[C@@H](CC(C)=O)c1ccc(OCc2ccc(C(C)(C)C)c(-c3cc(OC)ccc3F)c2)cc1.COc1ccc(F)c(-c2cc(COc3ccc(CC(C)(C)C(C)=O)cc3)ccc2C(C)(C)C)c1. The van der Waals surface area contributed by atoms with Gasteiger partial charge in [-0.1, -0.05) is 117 Å². The molecule has 70 heavy (non-hydrogen) atoms. The Morgan fingerprint density at radius 2 is 0.957 bits per heavy atom. The normalized spacial score (nSPS) is 11.9. The molecule has 0 saturated carbocycles. The van der Waals surface area contributed by atoms with Gasteiger partial charge in [0.15, 0.2) is 0 Å². The second-order valence-electron chi connectivity index (χ2n) is 20.5. The minimum Gasteiger partial charge on any atom is -0.497 e. The van der Waals surface area contributed by atoms with Crippen LogP contribution in [0.3, 0.4) is 0 Å². The molecule has 0 unspecified atom stereocenters. The molecule has 368 valence electrons. The van der Waals surface area contributed by atoms with Gasteiger partial charge in [-0.3, -0.25) is 9.59 Å². The summed E-state index contributed by atoms with van der Waals surface area (Å²) in [6, 6.07) is 37.4. The van der Waals surface area contributed by atoms with Crippen molar-refractivity contribution in [2.75, 3.05) is 14.2 Å². The first-order chi connectivity index (χ1) is 33.0. The van der Waals surface area contributed by atoms with Crippen LogP contribution < -0.4 is 18.9 Å². The van der Waals surface area contributed by atoms with Gasteiger partial charge in [-0.2, -0.15) is 0 Å². The second-order valence-corrected chi connectivity index (χ2v) is 20.5. The van der Waals surface area contributed by atoms with Crippen molar-refractivity contribution in [2.45, 2.75) is 125 Å². The van der Waals surface area contributed by atoms with Crippen LogP contribution >= 0.6 is 0 Å². The number of Topliss-reactive ketones (excluding diaryl/α,β-unsaturated/α-hetero) is 2. The van der Waals surface area contributed by atoms with Gasteiger partial charge in [0, 0.05) is 29.4 Å². The van der Waals surface area contributed by atoms with E-state index >= 15 is 0 Å². The first-order valence-corrected chi connectivity index (χ1v) is 23.9. The number of hydrogen-bond acceptors (Lipinski definition) is 6. The lowest BCUT2D eigenvalue weighted by Gasteiger charge is -2.24. The van der Waals surface area contributed by atoms with Crippen LogP contribution in [0.2, 0.25) is 0 Å². The molecule has 0 aromatic heterocycles. The lowest BCUT2D eigenvalue weighted by atomic mass is 9.81. The number of ketones is 2. The summed E-state index contributed by atoms with van der Waals surface area (Å²) >= 11 is 0. The molecule has 0 fully saturated rings. The Hall–Kier alpha value is -6.72. The number of ether oxygens (including phenoxy) is 4. The number of benzene rings is 6. The fourth-order valence-corrected chi connectivity index (χ4v) is 8.02. The molecular weight excluding hydrogens is 879 g/mol. The Bertz CT molecular complexity index is 2800. The maximum atomic E-state index is 14.9. The fourth-order valence-electron chi connectivity index (χ4n) is 8.02. The molecule has 0 aliphatic rings. The van der Waals surface area contributed by atoms with E-state index in [1.54, 1.807) is 52.3 Å². The van der Waals surface area contributed by atoms with E-state index in [0.717, 1.165) is 62.4 Å². The first kappa shape index (κ1) is 54.2. The summed E-state index contributed by atoms with van der Waals surface area (Å²) in [6.07, 6.45) is 1.84. The third-order valence-electron chi connectivity index (χ3n) is 12.3. The number of carbonyl (C=O) groups is 2. The van der Waals surface area contributed by atoms with Crippen molar-refractivity contribution >= 4 is 11.6 Å². The van der Waals surface area contributed by atoms with Crippen LogP contribution in [0.25, 0.3) is 22.3 Å². The summed E-state index contributed by atoms with van der Waals surface area (Å²) in [5, 5.41) is 0. The van der Waals surface area contributed by atoms with E-state index in [9.17, 15) is 18.4 Å². The molecule has 0 heterocycles. The van der Waals surface area contributed by atoms with E-state index < -0.39 is 0 Å². The highest BCUT2D eigenvalue weighted by molar-refractivity contribution is 5.82. The zero-order valence-corrected chi connectivity index (χ0v) is 43.4. The van der Waals surface area contributed by atoms with Crippen LogP contribution in [0.5, 0.6) is 23.0 Å². The third-order valence-corrected chi connectivity index (χ3v) is 12.3. The molecule has 0 aliphatic carbocycles. The van der Waals surface area contributed by atoms with Gasteiger partial charge in [0.1, 0.15) is 59.4 Å². The second kappa shape index (κ2) is 23.7. The fraction of sp³-hybridized carbons (Fsp3) is 0.355. The molecular formula is C62H70F2O6. The molecule has 6 aromatic carbocycles. The largest absolute Gasteiger partial charge is 0.497 e. The lowest BCUT2D eigenvalue weighted by molar-refractivity contribution is -0.124. The van der Waals surface area contributed by atoms with Crippen LogP contribution in [0.1, 0.15) is 128 Å². The van der Waals surface area contributed by atoms with Crippen LogP contribution in [-0.2, 0) is 40.1 Å². The molecule has 0 N–H and O–H groups in total. The van der Waals surface area contributed by atoms with Gasteiger partial charge in [0.25, 0.3) is 0 Å². The van der Waals surface area contributed by atoms with Gasteiger partial charge in [-0.25, -0.2) is 8.78 Å². The highest BCUT2D eigenvalue weighted by Crippen LogP contribution is 2.39. The van der Waals surface area contributed by atoms with Crippen LogP contribution in [0.4, 0.5) is 8.78 Å². The average Bonchev–Trinajstić information content (AvgIpc) is 3.31. The smallest absolute Gasteiger partial charge is 0.135 e. The third kappa shape index (κ3) is 14.9. The minimum atomic E-state index is -0.386. The molecule has 0 bridgehead atoms. The van der Waals surface area contributed by atoms with Crippen molar-refractivity contribution in [1.29, 1.82) is 0 Å². The monoisotopic (exact) mass is 949 g/mol. The zero-order valence-electron chi connectivity index (χ0n) is 43.4. The zero-order chi connectivity index (χ0) is 51.4. The van der Waals surface area contributed by atoms with E-state index in [-0.39, 0.29) is 45.4 Å². The average molecular weight is 949 g/mol. The van der Waals surface area contributed by atoms with Crippen molar-refractivity contribution in [3.8, 4) is 57.1 Å². The van der Waals surface area contributed by atoms with Crippen LogP contribution in [-0.4, -0.2) is 25.8 Å². The van der Waals surface area contributed by atoms with Gasteiger partial charge in [-0.05, 0) is 148 Å². The Balaban J connectivity index is 0.000000261. The van der Waals surface area contributed by atoms with Crippen LogP contribution in [0.15, 0.2) is 121 Å². The molecule has 0 aliphatic heterocycles. The molecule has 0 spiro atoms. The highest BCUT2D eigenvalue weighted by Gasteiger charge is 2.25. The van der Waals surface area contributed by atoms with Gasteiger partial charge in [0.2, 0.25) is 0 Å². The number of carbonyl (C=O) groups excluding carboxylic acids is 2. The van der Waals surface area contributed by atoms with Gasteiger partial charge < -0.3 is 18.9 Å². The molecule has 0 amide bonds. The number of halogens is 2. The Morgan fingerprint density at radius 1 is 0.543 bits per heavy atom. The molecule has 6 rings (SSSR count). The summed E-state index contributed by atoms with van der Waals surface area (Å²) in [5.41, 5.74) is 8.07. The quantitative estimate of drug-likeness (QED) is 0.0900. The summed E-state index contributed by atoms with van der Waals surface area (Å²) in [7, 11) is 3.16. The molecule has 8 heteroatoms. The molecule has 6 nitrogen and oxygen atoms in total. The Morgan fingerprint density at radius 3 is 1.34 bits per heavy atom. The maximum absolute atomic E-state index is 14.9. The summed E-state index contributed by atoms with van der Waals surface area (Å²) in [4.78, 5) is 23.5. The van der Waals surface area contributed by atoms with Crippen molar-refractivity contribution < 1.29 is 37.3 Å². The van der Waals surface area contributed by atoms with Crippen molar-refractivity contribution in [3.05, 3.63) is 166 Å². The standard InChI is InChI=1S/C32H35FO3.C30H35FO3/c1-7-8-9-25(18-22(2)34)24-11-13-26(14-12-24)36-21-23-10-16-30(32(3,4)5)28(19-23)29-20-27(35-6)15-17-31(29)33;1-20(32)30(5,6)18-21-8-11-23(12-9-21)34-19-22-10-14-27(29(2,3)4)25(16-22)26-17-24(33-7)13-15-28(26)31/h10-17,19-20,25H,7,18,21H2,1-6H3;8-17H,18-19H2,1-7H3/t25-;/m0./s1. The molecule has 1 atom stereocenters. The van der Waals surface area contributed by atoms with Crippen molar-refractivity contribution in [1.82, 2.24) is 0 Å². The highest BCUT2D eigenvalue weighted by atomic mass is 19.1. The maximum Gasteiger partial charge on any atom is 0.135 e. The van der Waals surface area contributed by atoms with Gasteiger partial charge >= 0.3 is 0 Å². The van der Waals surface area contributed by atoms with E-state index in [1.165, 1.54) is 12.1 Å². The predicted octanol–water partition coefficient (Wildman–Crippen LogP) is 15.4. The van der Waals surface area contributed by atoms with Crippen LogP contribution in [0, 0.1) is 28.9 Å². The van der Waals surface area contributed by atoms with E-state index in [2.05, 4.69) is 65.5 Å². The molecule has 6 aromatic rings. The lowest BCUT2D eigenvalue weighted by Crippen LogP contribution is -2.23. The molecule has 0 radical (unpaired) electrons. The van der Waals surface area contributed by atoms with E-state index in [4.69, 9.17) is 18.9 Å². The Kier molecular flexibility index (Phi) is 18.4. The first-order valence-electron chi connectivity index (χ1n) is 23.9. The van der Waals surface area contributed by atoms with E-state index in [0.29, 0.717) is 48.7 Å². The van der Waals surface area contributed by atoms with Crippen molar-refractivity contribution in [3.63, 3.8) is 0 Å². The summed E-state index contributed by atoms with van der Waals surface area (Å²) < 4.78 is 52.5. The Labute approximate surface area is 415 Å². The number of rotatable bonds is 16. The van der Waals surface area contributed by atoms with Gasteiger partial charge in [0.05, 0.1) is 20.1 Å². The van der Waals surface area contributed by atoms with Crippen molar-refractivity contribution in [2.24, 2.45) is 5.41 Å². The number of methoxy groups -OCH3 is 2. The number of hydrogen-bond donors (Lipinski definition) is 0. The van der Waals surface area contributed by atoms with Gasteiger partial charge in [-0.15, -0.1) is 5.92 Å². The van der Waals surface area contributed by atoms with E-state index in [1.807, 2.05) is 93.6 Å². The predicted molar refractivity (Wildman–Crippen MR) is 280 cm³/mol.